The minimum absolute atomic E-state index is 0.0505. The van der Waals surface area contributed by atoms with Gasteiger partial charge in [0, 0.05) is 32.2 Å². The maximum Gasteiger partial charge on any atom is 0.333 e. The number of benzene rings is 1. The fourth-order valence-electron chi connectivity index (χ4n) is 3.79. The number of aryl methyl sites for hydroxylation is 3. The standard InChI is InChI=1S/C18H24N4O3/c1-13-6-4-5-7-15(13)18(8-10-25-11-9-18)12-19-17-16(22(23)24)14(2)20-21(17)3/h4-7,19H,8-12H2,1-3H3. The fourth-order valence-corrected chi connectivity index (χ4v) is 3.79. The first-order chi connectivity index (χ1) is 11.9. The molecular formula is C18H24N4O3. The molecule has 134 valence electrons. The lowest BCUT2D eigenvalue weighted by Gasteiger charge is -2.39. The summed E-state index contributed by atoms with van der Waals surface area (Å²) in [4.78, 5) is 11.0. The molecule has 1 fully saturated rings. The fraction of sp³-hybridized carbons (Fsp3) is 0.500. The third-order valence-corrected chi connectivity index (χ3v) is 5.13. The van der Waals surface area contributed by atoms with Crippen LogP contribution in [0.2, 0.25) is 0 Å². The van der Waals surface area contributed by atoms with Gasteiger partial charge in [0.05, 0.1) is 4.92 Å². The number of rotatable bonds is 5. The molecule has 1 aliphatic heterocycles. The van der Waals surface area contributed by atoms with E-state index < -0.39 is 0 Å². The van der Waals surface area contributed by atoms with Gasteiger partial charge in [-0.15, -0.1) is 0 Å². The van der Waals surface area contributed by atoms with Crippen molar-refractivity contribution in [2.75, 3.05) is 25.1 Å². The van der Waals surface area contributed by atoms with Crippen molar-refractivity contribution < 1.29 is 9.66 Å². The summed E-state index contributed by atoms with van der Waals surface area (Å²) in [5.41, 5.74) is 2.89. The van der Waals surface area contributed by atoms with E-state index in [2.05, 4.69) is 35.5 Å². The van der Waals surface area contributed by atoms with Crippen LogP contribution in [0.15, 0.2) is 24.3 Å². The Morgan fingerprint density at radius 3 is 2.64 bits per heavy atom. The maximum absolute atomic E-state index is 11.4. The molecule has 1 saturated heterocycles. The van der Waals surface area contributed by atoms with E-state index in [1.165, 1.54) is 11.1 Å². The highest BCUT2D eigenvalue weighted by molar-refractivity contribution is 5.59. The number of ether oxygens (including phenoxy) is 1. The number of anilines is 1. The van der Waals surface area contributed by atoms with Crippen molar-refractivity contribution in [2.24, 2.45) is 7.05 Å². The first kappa shape index (κ1) is 17.4. The van der Waals surface area contributed by atoms with Crippen LogP contribution in [0, 0.1) is 24.0 Å². The smallest absolute Gasteiger partial charge is 0.333 e. The van der Waals surface area contributed by atoms with E-state index in [-0.39, 0.29) is 16.0 Å². The Labute approximate surface area is 147 Å². The van der Waals surface area contributed by atoms with Gasteiger partial charge in [-0.1, -0.05) is 24.3 Å². The monoisotopic (exact) mass is 344 g/mol. The van der Waals surface area contributed by atoms with Gasteiger partial charge in [0.15, 0.2) is 0 Å². The number of nitro groups is 1. The SMILES string of the molecule is Cc1ccccc1C1(CNc2c([N+](=O)[O-])c(C)nn2C)CCOCC1. The molecule has 3 rings (SSSR count). The second-order valence-electron chi connectivity index (χ2n) is 6.72. The van der Waals surface area contributed by atoms with Gasteiger partial charge in [-0.05, 0) is 37.8 Å². The largest absolute Gasteiger partial charge is 0.381 e. The molecule has 0 bridgehead atoms. The molecule has 25 heavy (non-hydrogen) atoms. The summed E-state index contributed by atoms with van der Waals surface area (Å²) >= 11 is 0. The van der Waals surface area contributed by atoms with E-state index in [0.717, 1.165) is 12.8 Å². The maximum atomic E-state index is 11.4. The van der Waals surface area contributed by atoms with Gasteiger partial charge >= 0.3 is 5.69 Å². The number of hydrogen-bond donors (Lipinski definition) is 1. The normalized spacial score (nSPS) is 16.6. The lowest BCUT2D eigenvalue weighted by Crippen LogP contribution is -2.41. The van der Waals surface area contributed by atoms with E-state index >= 15 is 0 Å². The summed E-state index contributed by atoms with van der Waals surface area (Å²) in [7, 11) is 1.73. The van der Waals surface area contributed by atoms with E-state index in [0.29, 0.717) is 31.3 Å². The van der Waals surface area contributed by atoms with Crippen molar-refractivity contribution in [1.82, 2.24) is 9.78 Å². The second-order valence-corrected chi connectivity index (χ2v) is 6.72. The van der Waals surface area contributed by atoms with Crippen molar-refractivity contribution in [3.8, 4) is 0 Å². The molecule has 2 heterocycles. The average molecular weight is 344 g/mol. The molecule has 0 saturated carbocycles. The summed E-state index contributed by atoms with van der Waals surface area (Å²) in [6.45, 7) is 5.78. The molecule has 0 aliphatic carbocycles. The lowest BCUT2D eigenvalue weighted by atomic mass is 9.72. The second kappa shape index (κ2) is 6.84. The van der Waals surface area contributed by atoms with Crippen molar-refractivity contribution >= 4 is 11.5 Å². The lowest BCUT2D eigenvalue weighted by molar-refractivity contribution is -0.384. The zero-order valence-electron chi connectivity index (χ0n) is 14.9. The van der Waals surface area contributed by atoms with Crippen molar-refractivity contribution in [3.63, 3.8) is 0 Å². The van der Waals surface area contributed by atoms with Crippen molar-refractivity contribution in [3.05, 3.63) is 51.2 Å². The van der Waals surface area contributed by atoms with Gasteiger partial charge in [-0.3, -0.25) is 10.1 Å². The summed E-state index contributed by atoms with van der Waals surface area (Å²) in [5.74, 6) is 0.460. The Bertz CT molecular complexity index is 779. The topological polar surface area (TPSA) is 82.2 Å². The van der Waals surface area contributed by atoms with Crippen LogP contribution in [0.3, 0.4) is 0 Å². The molecule has 0 unspecified atom stereocenters. The number of hydrogen-bond acceptors (Lipinski definition) is 5. The van der Waals surface area contributed by atoms with E-state index in [4.69, 9.17) is 4.74 Å². The number of nitrogens with one attached hydrogen (secondary N) is 1. The molecule has 0 atom stereocenters. The van der Waals surface area contributed by atoms with Crippen molar-refractivity contribution in [1.29, 1.82) is 0 Å². The van der Waals surface area contributed by atoms with Gasteiger partial charge in [-0.25, -0.2) is 4.68 Å². The predicted molar refractivity (Wildman–Crippen MR) is 96.0 cm³/mol. The molecule has 7 nitrogen and oxygen atoms in total. The van der Waals surface area contributed by atoms with Crippen LogP contribution in [0.5, 0.6) is 0 Å². The average Bonchev–Trinajstić information content (AvgIpc) is 2.88. The predicted octanol–water partition coefficient (Wildman–Crippen LogP) is 3.11. The third kappa shape index (κ3) is 3.24. The van der Waals surface area contributed by atoms with E-state index in [9.17, 15) is 10.1 Å². The molecule has 0 spiro atoms. The molecular weight excluding hydrogens is 320 g/mol. The Hall–Kier alpha value is -2.41. The van der Waals surface area contributed by atoms with Gasteiger partial charge in [0.1, 0.15) is 5.69 Å². The van der Waals surface area contributed by atoms with Crippen LogP contribution in [0.1, 0.15) is 29.7 Å². The van der Waals surface area contributed by atoms with Crippen LogP contribution < -0.4 is 5.32 Å². The molecule has 1 aliphatic rings. The molecule has 2 aromatic rings. The summed E-state index contributed by atoms with van der Waals surface area (Å²) < 4.78 is 7.13. The Morgan fingerprint density at radius 2 is 2.00 bits per heavy atom. The highest BCUT2D eigenvalue weighted by Gasteiger charge is 2.36. The Morgan fingerprint density at radius 1 is 1.32 bits per heavy atom. The zero-order valence-corrected chi connectivity index (χ0v) is 14.9. The summed E-state index contributed by atoms with van der Waals surface area (Å²) in [5, 5.41) is 18.9. The van der Waals surface area contributed by atoms with Crippen molar-refractivity contribution in [2.45, 2.75) is 32.1 Å². The Balaban J connectivity index is 1.93. The molecule has 1 N–H and O–H groups in total. The van der Waals surface area contributed by atoms with Crippen LogP contribution in [-0.2, 0) is 17.2 Å². The van der Waals surface area contributed by atoms with Gasteiger partial charge in [-0.2, -0.15) is 5.10 Å². The Kier molecular flexibility index (Phi) is 4.76. The van der Waals surface area contributed by atoms with E-state index in [1.54, 1.807) is 18.7 Å². The van der Waals surface area contributed by atoms with Crippen LogP contribution in [0.25, 0.3) is 0 Å². The van der Waals surface area contributed by atoms with E-state index in [1.807, 2.05) is 6.07 Å². The minimum atomic E-state index is -0.366. The van der Waals surface area contributed by atoms with Crippen LogP contribution >= 0.6 is 0 Å². The molecule has 0 amide bonds. The molecule has 1 aromatic carbocycles. The quantitative estimate of drug-likeness (QED) is 0.666. The van der Waals surface area contributed by atoms with Gasteiger partial charge in [0.25, 0.3) is 0 Å². The third-order valence-electron chi connectivity index (χ3n) is 5.13. The van der Waals surface area contributed by atoms with Gasteiger partial charge < -0.3 is 10.1 Å². The minimum Gasteiger partial charge on any atom is -0.381 e. The highest BCUT2D eigenvalue weighted by Crippen LogP contribution is 2.38. The number of aromatic nitrogens is 2. The highest BCUT2D eigenvalue weighted by atomic mass is 16.6. The first-order valence-corrected chi connectivity index (χ1v) is 8.50. The molecule has 1 aromatic heterocycles. The zero-order chi connectivity index (χ0) is 18.0. The van der Waals surface area contributed by atoms with Crippen LogP contribution in [0.4, 0.5) is 11.5 Å². The number of nitrogens with zero attached hydrogens (tertiary/aromatic N) is 3. The molecule has 0 radical (unpaired) electrons. The molecule has 7 heteroatoms. The summed E-state index contributed by atoms with van der Waals surface area (Å²) in [6, 6.07) is 8.36. The first-order valence-electron chi connectivity index (χ1n) is 8.50. The van der Waals surface area contributed by atoms with Crippen LogP contribution in [-0.4, -0.2) is 34.5 Å². The summed E-state index contributed by atoms with van der Waals surface area (Å²) in [6.07, 6.45) is 1.77. The van der Waals surface area contributed by atoms with Gasteiger partial charge in [0.2, 0.25) is 5.82 Å².